The van der Waals surface area contributed by atoms with Crippen molar-refractivity contribution in [1.82, 2.24) is 0 Å². The highest BCUT2D eigenvalue weighted by Gasteiger charge is 2.08. The van der Waals surface area contributed by atoms with Gasteiger partial charge in [0.2, 0.25) is 0 Å². The average Bonchev–Trinajstić information content (AvgIpc) is 2.30. The summed E-state index contributed by atoms with van der Waals surface area (Å²) in [5, 5.41) is 0. The number of hydrogen-bond donors (Lipinski definition) is 1. The molecule has 2 N–H and O–H groups in total. The summed E-state index contributed by atoms with van der Waals surface area (Å²) < 4.78 is 15.4. The molecule has 1 aromatic rings. The Labute approximate surface area is 113 Å². The Balaban J connectivity index is 0.00000289. The molecule has 0 spiro atoms. The second-order valence-corrected chi connectivity index (χ2v) is 3.23. The number of nitrogens with two attached hydrogens (primary N) is 1. The number of rotatable bonds is 6. The van der Waals surface area contributed by atoms with Gasteiger partial charge in [-0.05, 0) is 26.0 Å². The van der Waals surface area contributed by atoms with Crippen molar-refractivity contribution in [1.29, 1.82) is 0 Å². The monoisotopic (exact) mass is 275 g/mol. The number of anilines is 1. The maximum absolute atomic E-state index is 11.2. The van der Waals surface area contributed by atoms with E-state index in [9.17, 15) is 4.79 Å². The fraction of sp³-hybridized carbons (Fsp3) is 0.417. The normalized spacial score (nSPS) is 9.22. The van der Waals surface area contributed by atoms with Crippen LogP contribution in [-0.4, -0.2) is 25.8 Å². The third kappa shape index (κ3) is 5.14. The number of nitrogen functional groups attached to an aromatic ring is 1. The van der Waals surface area contributed by atoms with Crippen LogP contribution >= 0.6 is 12.4 Å². The molecular weight excluding hydrogens is 258 g/mol. The molecule has 0 aromatic heterocycles. The van der Waals surface area contributed by atoms with Crippen molar-refractivity contribution in [3.8, 4) is 11.5 Å². The van der Waals surface area contributed by atoms with Crippen molar-refractivity contribution in [3.05, 3.63) is 18.2 Å². The van der Waals surface area contributed by atoms with Crippen LogP contribution in [0.2, 0.25) is 0 Å². The number of benzene rings is 1. The Kier molecular flexibility index (Phi) is 7.71. The van der Waals surface area contributed by atoms with E-state index in [2.05, 4.69) is 0 Å². The summed E-state index contributed by atoms with van der Waals surface area (Å²) in [7, 11) is 0. The van der Waals surface area contributed by atoms with Gasteiger partial charge in [-0.25, -0.2) is 4.79 Å². The number of carbonyl (C=O) groups is 1. The van der Waals surface area contributed by atoms with E-state index in [0.717, 1.165) is 0 Å². The Morgan fingerprint density at radius 3 is 2.50 bits per heavy atom. The van der Waals surface area contributed by atoms with Gasteiger partial charge in [0.15, 0.2) is 18.1 Å². The highest BCUT2D eigenvalue weighted by molar-refractivity contribution is 5.85. The Hall–Kier alpha value is -1.62. The first-order valence-corrected chi connectivity index (χ1v) is 5.48. The molecule has 102 valence electrons. The first kappa shape index (κ1) is 16.4. The van der Waals surface area contributed by atoms with Crippen LogP contribution in [0.4, 0.5) is 5.69 Å². The summed E-state index contributed by atoms with van der Waals surface area (Å²) in [6.07, 6.45) is 0. The molecule has 1 aromatic carbocycles. The predicted molar refractivity (Wildman–Crippen MR) is 71.4 cm³/mol. The Bertz CT molecular complexity index is 384. The number of ether oxygens (including phenoxy) is 3. The molecule has 18 heavy (non-hydrogen) atoms. The number of carbonyl (C=O) groups excluding carboxylic acids is 1. The van der Waals surface area contributed by atoms with Crippen molar-refractivity contribution in [2.45, 2.75) is 13.8 Å². The zero-order valence-corrected chi connectivity index (χ0v) is 11.3. The van der Waals surface area contributed by atoms with Gasteiger partial charge < -0.3 is 19.9 Å². The zero-order chi connectivity index (χ0) is 12.7. The summed E-state index contributed by atoms with van der Waals surface area (Å²) in [6, 6.07) is 5.03. The van der Waals surface area contributed by atoms with Crippen LogP contribution in [0.25, 0.3) is 0 Å². The second-order valence-electron chi connectivity index (χ2n) is 3.23. The lowest BCUT2D eigenvalue weighted by atomic mass is 10.3. The van der Waals surface area contributed by atoms with Crippen molar-refractivity contribution in [2.75, 3.05) is 25.6 Å². The summed E-state index contributed by atoms with van der Waals surface area (Å²) in [6.45, 7) is 4.30. The molecule has 0 saturated heterocycles. The largest absolute Gasteiger partial charge is 0.490 e. The molecule has 1 rings (SSSR count). The minimum Gasteiger partial charge on any atom is -0.490 e. The van der Waals surface area contributed by atoms with Crippen molar-refractivity contribution in [2.24, 2.45) is 0 Å². The summed E-state index contributed by atoms with van der Waals surface area (Å²) in [4.78, 5) is 11.2. The maximum Gasteiger partial charge on any atom is 0.344 e. The number of halogens is 1. The van der Waals surface area contributed by atoms with Gasteiger partial charge >= 0.3 is 5.97 Å². The third-order valence-electron chi connectivity index (χ3n) is 1.92. The molecule has 0 atom stereocenters. The highest BCUT2D eigenvalue weighted by atomic mass is 35.5. The zero-order valence-electron chi connectivity index (χ0n) is 10.5. The number of hydrogen-bond acceptors (Lipinski definition) is 5. The van der Waals surface area contributed by atoms with E-state index in [1.165, 1.54) is 0 Å². The van der Waals surface area contributed by atoms with Crippen LogP contribution < -0.4 is 15.2 Å². The van der Waals surface area contributed by atoms with E-state index in [-0.39, 0.29) is 19.0 Å². The molecule has 0 aliphatic rings. The van der Waals surface area contributed by atoms with Gasteiger partial charge in [0, 0.05) is 11.8 Å². The van der Waals surface area contributed by atoms with Crippen LogP contribution in [0.1, 0.15) is 13.8 Å². The van der Waals surface area contributed by atoms with E-state index in [1.807, 2.05) is 6.92 Å². The van der Waals surface area contributed by atoms with Crippen molar-refractivity contribution in [3.63, 3.8) is 0 Å². The summed E-state index contributed by atoms with van der Waals surface area (Å²) >= 11 is 0. The molecule has 5 nitrogen and oxygen atoms in total. The van der Waals surface area contributed by atoms with E-state index in [0.29, 0.717) is 30.4 Å². The van der Waals surface area contributed by atoms with E-state index >= 15 is 0 Å². The molecule has 0 fully saturated rings. The topological polar surface area (TPSA) is 70.8 Å². The van der Waals surface area contributed by atoms with Crippen LogP contribution in [0, 0.1) is 0 Å². The fourth-order valence-corrected chi connectivity index (χ4v) is 1.25. The van der Waals surface area contributed by atoms with Gasteiger partial charge in [0.1, 0.15) is 0 Å². The highest BCUT2D eigenvalue weighted by Crippen LogP contribution is 2.29. The van der Waals surface area contributed by atoms with Gasteiger partial charge in [-0.3, -0.25) is 0 Å². The summed E-state index contributed by atoms with van der Waals surface area (Å²) in [5.41, 5.74) is 6.19. The predicted octanol–water partition coefficient (Wildman–Crippen LogP) is 2.03. The lowest BCUT2D eigenvalue weighted by Gasteiger charge is -2.11. The van der Waals surface area contributed by atoms with Crippen LogP contribution in [0.3, 0.4) is 0 Å². The lowest BCUT2D eigenvalue weighted by Crippen LogP contribution is -2.15. The average molecular weight is 276 g/mol. The molecule has 0 bridgehead atoms. The molecule has 6 heteroatoms. The molecule has 0 amide bonds. The molecular formula is C12H18ClNO4. The van der Waals surface area contributed by atoms with E-state index in [1.54, 1.807) is 25.1 Å². The van der Waals surface area contributed by atoms with Gasteiger partial charge in [0.25, 0.3) is 0 Å². The van der Waals surface area contributed by atoms with E-state index < -0.39 is 5.97 Å². The Morgan fingerprint density at radius 1 is 1.17 bits per heavy atom. The minimum absolute atomic E-state index is 0. The van der Waals surface area contributed by atoms with Crippen molar-refractivity contribution < 1.29 is 19.0 Å². The summed E-state index contributed by atoms with van der Waals surface area (Å²) in [5.74, 6) is 0.586. The molecule has 0 unspecified atom stereocenters. The molecule has 0 saturated carbocycles. The van der Waals surface area contributed by atoms with Crippen LogP contribution in [0.5, 0.6) is 11.5 Å². The Morgan fingerprint density at radius 2 is 1.89 bits per heavy atom. The minimum atomic E-state index is -0.419. The molecule has 0 heterocycles. The molecule has 0 radical (unpaired) electrons. The first-order valence-electron chi connectivity index (χ1n) is 5.48. The first-order chi connectivity index (χ1) is 8.17. The van der Waals surface area contributed by atoms with Gasteiger partial charge in [0.05, 0.1) is 13.2 Å². The van der Waals surface area contributed by atoms with Gasteiger partial charge in [-0.15, -0.1) is 12.4 Å². The standard InChI is InChI=1S/C12H17NO4.ClH/c1-3-15-10-6-5-9(13)7-11(10)17-8-12(14)16-4-2;/h5-7H,3-4,8,13H2,1-2H3;1H. The van der Waals surface area contributed by atoms with Crippen LogP contribution in [-0.2, 0) is 9.53 Å². The van der Waals surface area contributed by atoms with Gasteiger partial charge in [-0.1, -0.05) is 0 Å². The van der Waals surface area contributed by atoms with Crippen molar-refractivity contribution >= 4 is 24.1 Å². The van der Waals surface area contributed by atoms with E-state index in [4.69, 9.17) is 19.9 Å². The molecule has 0 aliphatic carbocycles. The fourth-order valence-electron chi connectivity index (χ4n) is 1.25. The quantitative estimate of drug-likeness (QED) is 0.635. The van der Waals surface area contributed by atoms with Crippen LogP contribution in [0.15, 0.2) is 18.2 Å². The third-order valence-corrected chi connectivity index (χ3v) is 1.92. The van der Waals surface area contributed by atoms with Gasteiger partial charge in [-0.2, -0.15) is 0 Å². The SMILES string of the molecule is CCOC(=O)COc1cc(N)ccc1OCC.Cl. The maximum atomic E-state index is 11.2. The number of esters is 1. The smallest absolute Gasteiger partial charge is 0.344 e. The lowest BCUT2D eigenvalue weighted by molar-refractivity contribution is -0.145. The molecule has 0 aliphatic heterocycles. The second kappa shape index (κ2) is 8.47.